The van der Waals surface area contributed by atoms with Gasteiger partial charge in [-0.2, -0.15) is 25.3 Å². The van der Waals surface area contributed by atoms with Gasteiger partial charge in [0.15, 0.2) is 0 Å². The van der Waals surface area contributed by atoms with Crippen LogP contribution in [0.15, 0.2) is 0 Å². The van der Waals surface area contributed by atoms with Crippen LogP contribution in [0, 0.1) is 0 Å². The molecule has 0 spiro atoms. The van der Waals surface area contributed by atoms with E-state index in [9.17, 15) is 19.2 Å². The zero-order valence-corrected chi connectivity index (χ0v) is 14.6. The molecule has 0 heterocycles. The van der Waals surface area contributed by atoms with Crippen molar-refractivity contribution < 1.29 is 24.3 Å². The molecule has 0 aliphatic rings. The summed E-state index contributed by atoms with van der Waals surface area (Å²) in [6.45, 7) is 2.82. The fraction of sp³-hybridized carbons (Fsp3) is 0.667. The fourth-order valence-electron chi connectivity index (χ4n) is 1.36. The van der Waals surface area contributed by atoms with Gasteiger partial charge in [0.25, 0.3) is 0 Å². The van der Waals surface area contributed by atoms with Crippen LogP contribution >= 0.6 is 25.3 Å². The van der Waals surface area contributed by atoms with Crippen LogP contribution in [0.1, 0.15) is 13.8 Å². The Morgan fingerprint density at radius 1 is 0.913 bits per heavy atom. The predicted molar refractivity (Wildman–Crippen MR) is 90.5 cm³/mol. The third-order valence-corrected chi connectivity index (χ3v) is 3.59. The number of aliphatic carboxylic acids is 1. The number of nitrogens with two attached hydrogens (primary N) is 1. The second-order valence-corrected chi connectivity index (χ2v) is 5.56. The lowest BCUT2D eigenvalue weighted by Crippen LogP contribution is -2.55. The largest absolute Gasteiger partial charge is 0.480 e. The van der Waals surface area contributed by atoms with E-state index < -0.39 is 47.9 Å². The minimum Gasteiger partial charge on any atom is -0.480 e. The Labute approximate surface area is 144 Å². The van der Waals surface area contributed by atoms with Gasteiger partial charge in [-0.25, -0.2) is 4.79 Å². The van der Waals surface area contributed by atoms with Crippen molar-refractivity contribution in [3.63, 3.8) is 0 Å². The number of amides is 3. The van der Waals surface area contributed by atoms with Gasteiger partial charge in [0.1, 0.15) is 18.1 Å². The summed E-state index contributed by atoms with van der Waals surface area (Å²) in [5.41, 5.74) is 5.47. The first-order chi connectivity index (χ1) is 10.6. The molecule has 0 radical (unpaired) electrons. The minimum absolute atomic E-state index is 0.0875. The molecule has 6 N–H and O–H groups in total. The molecule has 0 aromatic rings. The smallest absolute Gasteiger partial charge is 0.327 e. The van der Waals surface area contributed by atoms with Crippen LogP contribution in [0.2, 0.25) is 0 Å². The van der Waals surface area contributed by atoms with E-state index in [1.165, 1.54) is 13.8 Å². The summed E-state index contributed by atoms with van der Waals surface area (Å²) in [5.74, 6) is -3.01. The topological polar surface area (TPSA) is 151 Å². The molecule has 23 heavy (non-hydrogen) atoms. The number of rotatable bonds is 9. The Morgan fingerprint density at radius 2 is 1.35 bits per heavy atom. The van der Waals surface area contributed by atoms with E-state index in [0.717, 1.165) is 0 Å². The van der Waals surface area contributed by atoms with Crippen molar-refractivity contribution in [2.24, 2.45) is 5.73 Å². The molecule has 0 aliphatic carbocycles. The molecule has 0 saturated heterocycles. The lowest BCUT2D eigenvalue weighted by atomic mass is 10.2. The van der Waals surface area contributed by atoms with E-state index in [1.54, 1.807) is 0 Å². The van der Waals surface area contributed by atoms with Gasteiger partial charge in [0.2, 0.25) is 17.7 Å². The summed E-state index contributed by atoms with van der Waals surface area (Å²) in [5, 5.41) is 15.8. The van der Waals surface area contributed by atoms with E-state index in [2.05, 4.69) is 41.2 Å². The van der Waals surface area contributed by atoms with Crippen molar-refractivity contribution in [1.29, 1.82) is 0 Å². The summed E-state index contributed by atoms with van der Waals surface area (Å²) in [4.78, 5) is 46.1. The summed E-state index contributed by atoms with van der Waals surface area (Å²) in [6, 6.07) is -3.90. The maximum Gasteiger partial charge on any atom is 0.327 e. The number of hydrogen-bond donors (Lipinski definition) is 7. The first-order valence-electron chi connectivity index (χ1n) is 6.75. The average molecular weight is 366 g/mol. The zero-order chi connectivity index (χ0) is 18.2. The Kier molecular flexibility index (Phi) is 9.68. The van der Waals surface area contributed by atoms with Crippen molar-refractivity contribution >= 4 is 48.9 Å². The molecule has 9 nitrogen and oxygen atoms in total. The molecule has 4 atom stereocenters. The molecular weight excluding hydrogens is 344 g/mol. The van der Waals surface area contributed by atoms with E-state index >= 15 is 0 Å². The van der Waals surface area contributed by atoms with Crippen LogP contribution in [0.3, 0.4) is 0 Å². The van der Waals surface area contributed by atoms with Gasteiger partial charge >= 0.3 is 5.97 Å². The number of carbonyl (C=O) groups excluding carboxylic acids is 3. The molecule has 0 fully saturated rings. The van der Waals surface area contributed by atoms with Crippen LogP contribution in [0.25, 0.3) is 0 Å². The van der Waals surface area contributed by atoms with Gasteiger partial charge in [0.05, 0.1) is 6.04 Å². The number of carboxylic acid groups (broad SMARTS) is 1. The molecule has 0 aliphatic heterocycles. The van der Waals surface area contributed by atoms with Crippen molar-refractivity contribution in [2.45, 2.75) is 38.0 Å². The zero-order valence-electron chi connectivity index (χ0n) is 12.8. The van der Waals surface area contributed by atoms with Crippen LogP contribution in [0.4, 0.5) is 0 Å². The second-order valence-electron chi connectivity index (χ2n) is 4.83. The second kappa shape index (κ2) is 10.3. The van der Waals surface area contributed by atoms with Gasteiger partial charge in [-0.3, -0.25) is 14.4 Å². The van der Waals surface area contributed by atoms with Crippen LogP contribution in [-0.4, -0.2) is 64.5 Å². The first kappa shape index (κ1) is 21.5. The highest BCUT2D eigenvalue weighted by Crippen LogP contribution is 1.93. The Balaban J connectivity index is 4.50. The number of thiol groups is 2. The van der Waals surface area contributed by atoms with Crippen LogP contribution in [0.5, 0.6) is 0 Å². The third-order valence-electron chi connectivity index (χ3n) is 2.83. The van der Waals surface area contributed by atoms with Gasteiger partial charge in [-0.1, -0.05) is 0 Å². The summed E-state index contributed by atoms with van der Waals surface area (Å²) >= 11 is 7.69. The van der Waals surface area contributed by atoms with E-state index in [-0.39, 0.29) is 11.5 Å². The molecule has 4 unspecified atom stereocenters. The molecule has 0 aromatic carbocycles. The lowest BCUT2D eigenvalue weighted by Gasteiger charge is -2.20. The van der Waals surface area contributed by atoms with E-state index in [1.807, 2.05) is 0 Å². The van der Waals surface area contributed by atoms with Gasteiger partial charge in [-0.15, -0.1) is 0 Å². The van der Waals surface area contributed by atoms with Crippen molar-refractivity contribution in [3.05, 3.63) is 0 Å². The number of carboxylic acids is 1. The SMILES string of the molecule is CC(NC(=O)C(N)CS)C(=O)NC(C)C(=O)NC(CS)C(=O)O. The quantitative estimate of drug-likeness (QED) is 0.229. The Bertz CT molecular complexity index is 463. The highest BCUT2D eigenvalue weighted by Gasteiger charge is 2.25. The average Bonchev–Trinajstić information content (AvgIpc) is 2.50. The van der Waals surface area contributed by atoms with Crippen molar-refractivity contribution in [3.8, 4) is 0 Å². The highest BCUT2D eigenvalue weighted by atomic mass is 32.1. The predicted octanol–water partition coefficient (Wildman–Crippen LogP) is -2.25. The molecule has 132 valence electrons. The summed E-state index contributed by atoms with van der Waals surface area (Å²) in [6.07, 6.45) is 0. The highest BCUT2D eigenvalue weighted by molar-refractivity contribution is 7.80. The lowest BCUT2D eigenvalue weighted by molar-refractivity contribution is -0.141. The molecule has 3 amide bonds. The molecule has 0 rings (SSSR count). The summed E-state index contributed by atoms with van der Waals surface area (Å²) < 4.78 is 0. The Hall–Kier alpha value is -1.46. The Morgan fingerprint density at radius 3 is 1.74 bits per heavy atom. The minimum atomic E-state index is -1.23. The molecule has 11 heteroatoms. The third kappa shape index (κ3) is 7.57. The fourth-order valence-corrected chi connectivity index (χ4v) is 1.77. The summed E-state index contributed by atoms with van der Waals surface area (Å²) in [7, 11) is 0. The maximum absolute atomic E-state index is 11.9. The van der Waals surface area contributed by atoms with Crippen LogP contribution in [-0.2, 0) is 19.2 Å². The van der Waals surface area contributed by atoms with Gasteiger partial charge < -0.3 is 26.8 Å². The molecule has 0 aromatic heterocycles. The monoisotopic (exact) mass is 366 g/mol. The van der Waals surface area contributed by atoms with Crippen LogP contribution < -0.4 is 21.7 Å². The normalized spacial score (nSPS) is 15.7. The molecule has 0 bridgehead atoms. The van der Waals surface area contributed by atoms with E-state index in [4.69, 9.17) is 10.8 Å². The van der Waals surface area contributed by atoms with Gasteiger partial charge in [0, 0.05) is 11.5 Å². The van der Waals surface area contributed by atoms with E-state index in [0.29, 0.717) is 0 Å². The molecule has 0 saturated carbocycles. The molecular formula is C12H22N4O5S2. The van der Waals surface area contributed by atoms with Crippen molar-refractivity contribution in [1.82, 2.24) is 16.0 Å². The van der Waals surface area contributed by atoms with Gasteiger partial charge in [-0.05, 0) is 13.8 Å². The maximum atomic E-state index is 11.9. The first-order valence-corrected chi connectivity index (χ1v) is 8.01. The standard InChI is InChI=1S/C12H22N4O5S2/c1-5(15-11(19)7(13)3-22)9(17)14-6(2)10(18)16-8(4-23)12(20)21/h5-8,22-23H,3-4,13H2,1-2H3,(H,14,17)(H,15,19)(H,16,18)(H,20,21). The number of hydrogen-bond acceptors (Lipinski definition) is 7. The van der Waals surface area contributed by atoms with Crippen molar-refractivity contribution in [2.75, 3.05) is 11.5 Å². The number of carbonyl (C=O) groups is 4. The number of nitrogens with one attached hydrogen (secondary N) is 3.